The molecule has 0 unspecified atom stereocenters. The Balaban J connectivity index is 1.73. The van der Waals surface area contributed by atoms with Crippen LogP contribution in [-0.2, 0) is 10.2 Å². The van der Waals surface area contributed by atoms with E-state index in [9.17, 15) is 13.5 Å². The molecule has 140 valence electrons. The van der Waals surface area contributed by atoms with Crippen molar-refractivity contribution in [3.05, 3.63) is 54.6 Å². The molecule has 0 saturated carbocycles. The predicted octanol–water partition coefficient (Wildman–Crippen LogP) is 2.17. The molecule has 0 bridgehead atoms. The summed E-state index contributed by atoms with van der Waals surface area (Å²) >= 11 is 0. The molecule has 0 radical (unpaired) electrons. The van der Waals surface area contributed by atoms with Crippen LogP contribution >= 0.6 is 0 Å². The van der Waals surface area contributed by atoms with Crippen molar-refractivity contribution in [3.8, 4) is 17.0 Å². The van der Waals surface area contributed by atoms with Crippen LogP contribution in [-0.4, -0.2) is 49.0 Å². The number of phenols is 1. The minimum atomic E-state index is -3.65. The quantitative estimate of drug-likeness (QED) is 0.641. The van der Waals surface area contributed by atoms with Crippen LogP contribution in [0.5, 0.6) is 5.75 Å². The Hall–Kier alpha value is -2.68. The standard InChI is InChI=1S/C19H20N4O3S/c24-16-5-1-4-15(13-16)17-8-7-14-3-2-6-18(19(14)21-17)22-27(25,26)23-11-9-20-10-12-23/h1-8,13,20,22,24H,9-12H2. The van der Waals surface area contributed by atoms with E-state index < -0.39 is 10.2 Å². The molecule has 1 aromatic heterocycles. The van der Waals surface area contributed by atoms with Crippen molar-refractivity contribution in [1.82, 2.24) is 14.6 Å². The summed E-state index contributed by atoms with van der Waals surface area (Å²) in [5, 5.41) is 13.7. The Morgan fingerprint density at radius 3 is 2.59 bits per heavy atom. The fourth-order valence-electron chi connectivity index (χ4n) is 3.14. The summed E-state index contributed by atoms with van der Waals surface area (Å²) in [6.45, 7) is 2.14. The van der Waals surface area contributed by atoms with E-state index in [1.807, 2.05) is 24.3 Å². The van der Waals surface area contributed by atoms with Crippen LogP contribution in [0.4, 0.5) is 5.69 Å². The maximum atomic E-state index is 12.7. The number of piperazine rings is 1. The molecule has 7 nitrogen and oxygen atoms in total. The molecule has 1 fully saturated rings. The van der Waals surface area contributed by atoms with Gasteiger partial charge in [-0.1, -0.05) is 30.3 Å². The second kappa shape index (κ2) is 7.15. The van der Waals surface area contributed by atoms with Crippen molar-refractivity contribution in [1.29, 1.82) is 0 Å². The molecule has 4 rings (SSSR count). The summed E-state index contributed by atoms with van der Waals surface area (Å²) < 4.78 is 29.6. The van der Waals surface area contributed by atoms with Crippen LogP contribution < -0.4 is 10.0 Å². The molecular formula is C19H20N4O3S. The average molecular weight is 384 g/mol. The van der Waals surface area contributed by atoms with Gasteiger partial charge in [-0.15, -0.1) is 0 Å². The van der Waals surface area contributed by atoms with Gasteiger partial charge in [0.05, 0.1) is 16.9 Å². The van der Waals surface area contributed by atoms with E-state index in [-0.39, 0.29) is 5.75 Å². The Morgan fingerprint density at radius 1 is 1.04 bits per heavy atom. The van der Waals surface area contributed by atoms with E-state index in [1.165, 1.54) is 4.31 Å². The highest BCUT2D eigenvalue weighted by molar-refractivity contribution is 7.90. The lowest BCUT2D eigenvalue weighted by molar-refractivity contribution is 0.362. The van der Waals surface area contributed by atoms with Crippen LogP contribution in [0.25, 0.3) is 22.2 Å². The SMILES string of the molecule is O=S(=O)(Nc1cccc2ccc(-c3cccc(O)c3)nc12)N1CCNCC1. The number of hydrogen-bond acceptors (Lipinski definition) is 5. The summed E-state index contributed by atoms with van der Waals surface area (Å²) in [6, 6.07) is 16.0. The second-order valence-corrected chi connectivity index (χ2v) is 8.05. The molecule has 1 aliphatic heterocycles. The van der Waals surface area contributed by atoms with E-state index >= 15 is 0 Å². The molecule has 1 saturated heterocycles. The number of anilines is 1. The fraction of sp³-hybridized carbons (Fsp3) is 0.211. The monoisotopic (exact) mass is 384 g/mol. The fourth-order valence-corrected chi connectivity index (χ4v) is 4.38. The lowest BCUT2D eigenvalue weighted by Crippen LogP contribution is -2.48. The van der Waals surface area contributed by atoms with Crippen LogP contribution in [0.3, 0.4) is 0 Å². The van der Waals surface area contributed by atoms with Gasteiger partial charge < -0.3 is 10.4 Å². The maximum absolute atomic E-state index is 12.7. The maximum Gasteiger partial charge on any atom is 0.301 e. The van der Waals surface area contributed by atoms with E-state index in [0.717, 1.165) is 10.9 Å². The third kappa shape index (κ3) is 3.73. The lowest BCUT2D eigenvalue weighted by atomic mass is 10.1. The zero-order chi connectivity index (χ0) is 18.9. The van der Waals surface area contributed by atoms with Crippen LogP contribution in [0.15, 0.2) is 54.6 Å². The molecule has 8 heteroatoms. The van der Waals surface area contributed by atoms with Gasteiger partial charge in [-0.25, -0.2) is 4.98 Å². The number of pyridine rings is 1. The van der Waals surface area contributed by atoms with E-state index in [2.05, 4.69) is 15.0 Å². The van der Waals surface area contributed by atoms with Gasteiger partial charge >= 0.3 is 10.2 Å². The third-order valence-electron chi connectivity index (χ3n) is 4.52. The van der Waals surface area contributed by atoms with Crippen LogP contribution in [0.1, 0.15) is 0 Å². The van der Waals surface area contributed by atoms with Crippen molar-refractivity contribution in [3.63, 3.8) is 0 Å². The van der Waals surface area contributed by atoms with E-state index in [4.69, 9.17) is 0 Å². The van der Waals surface area contributed by atoms with E-state index in [0.29, 0.717) is 43.1 Å². The number of phenolic OH excluding ortho intramolecular Hbond substituents is 1. The number of aromatic nitrogens is 1. The summed E-state index contributed by atoms with van der Waals surface area (Å²) in [5.41, 5.74) is 2.42. The molecule has 2 aromatic carbocycles. The number of fused-ring (bicyclic) bond motifs is 1. The van der Waals surface area contributed by atoms with Gasteiger partial charge in [0.2, 0.25) is 0 Å². The number of benzene rings is 2. The minimum absolute atomic E-state index is 0.155. The predicted molar refractivity (Wildman–Crippen MR) is 106 cm³/mol. The number of nitrogens with one attached hydrogen (secondary N) is 2. The number of hydrogen-bond donors (Lipinski definition) is 3. The molecule has 27 heavy (non-hydrogen) atoms. The number of aromatic hydroxyl groups is 1. The first-order chi connectivity index (χ1) is 13.0. The van der Waals surface area contributed by atoms with E-state index in [1.54, 1.807) is 30.3 Å². The topological polar surface area (TPSA) is 94.6 Å². The van der Waals surface area contributed by atoms with Crippen molar-refractivity contribution in [2.75, 3.05) is 30.9 Å². The first-order valence-electron chi connectivity index (χ1n) is 8.71. The van der Waals surface area contributed by atoms with Crippen LogP contribution in [0.2, 0.25) is 0 Å². The van der Waals surface area contributed by atoms with Gasteiger partial charge in [-0.3, -0.25) is 4.72 Å². The number of nitrogens with zero attached hydrogens (tertiary/aromatic N) is 2. The molecule has 0 atom stereocenters. The highest BCUT2D eigenvalue weighted by Gasteiger charge is 2.24. The molecule has 2 heterocycles. The zero-order valence-corrected chi connectivity index (χ0v) is 15.4. The molecular weight excluding hydrogens is 364 g/mol. The van der Waals surface area contributed by atoms with Gasteiger partial charge in [0.15, 0.2) is 0 Å². The van der Waals surface area contributed by atoms with Crippen molar-refractivity contribution in [2.24, 2.45) is 0 Å². The Kier molecular flexibility index (Phi) is 4.69. The van der Waals surface area contributed by atoms with Crippen molar-refractivity contribution >= 4 is 26.8 Å². The average Bonchev–Trinajstić information content (AvgIpc) is 2.68. The molecule has 0 spiro atoms. The highest BCUT2D eigenvalue weighted by atomic mass is 32.2. The first-order valence-corrected chi connectivity index (χ1v) is 10.1. The molecule has 0 amide bonds. The van der Waals surface area contributed by atoms with Gasteiger partial charge in [-0.2, -0.15) is 12.7 Å². The van der Waals surface area contributed by atoms with Crippen LogP contribution in [0, 0.1) is 0 Å². The highest BCUT2D eigenvalue weighted by Crippen LogP contribution is 2.28. The normalized spacial score (nSPS) is 15.7. The molecule has 3 aromatic rings. The first kappa shape index (κ1) is 17.7. The minimum Gasteiger partial charge on any atom is -0.508 e. The van der Waals surface area contributed by atoms with Crippen molar-refractivity contribution in [2.45, 2.75) is 0 Å². The van der Waals surface area contributed by atoms with Gasteiger partial charge in [0, 0.05) is 37.1 Å². The van der Waals surface area contributed by atoms with Gasteiger partial charge in [-0.05, 0) is 24.3 Å². The van der Waals surface area contributed by atoms with Gasteiger partial charge in [0.1, 0.15) is 5.75 Å². The Labute approximate surface area is 157 Å². The molecule has 1 aliphatic rings. The third-order valence-corrected chi connectivity index (χ3v) is 6.04. The lowest BCUT2D eigenvalue weighted by Gasteiger charge is -2.27. The zero-order valence-electron chi connectivity index (χ0n) is 14.6. The summed E-state index contributed by atoms with van der Waals surface area (Å²) in [4.78, 5) is 4.65. The largest absolute Gasteiger partial charge is 0.508 e. The summed E-state index contributed by atoms with van der Waals surface area (Å²) in [6.07, 6.45) is 0. The summed E-state index contributed by atoms with van der Waals surface area (Å²) in [7, 11) is -3.65. The second-order valence-electron chi connectivity index (χ2n) is 6.38. The number of rotatable bonds is 4. The smallest absolute Gasteiger partial charge is 0.301 e. The van der Waals surface area contributed by atoms with Crippen molar-refractivity contribution < 1.29 is 13.5 Å². The molecule has 0 aliphatic carbocycles. The number of para-hydroxylation sites is 1. The van der Waals surface area contributed by atoms with Gasteiger partial charge in [0.25, 0.3) is 0 Å². The summed E-state index contributed by atoms with van der Waals surface area (Å²) in [5.74, 6) is 0.155. The molecule has 3 N–H and O–H groups in total. The Morgan fingerprint density at radius 2 is 1.81 bits per heavy atom. The Bertz CT molecular complexity index is 1080.